The predicted molar refractivity (Wildman–Crippen MR) is 70.3 cm³/mol. The summed E-state index contributed by atoms with van der Waals surface area (Å²) in [4.78, 5) is 13.2. The van der Waals surface area contributed by atoms with E-state index in [1.807, 2.05) is 38.1 Å². The Morgan fingerprint density at radius 2 is 1.94 bits per heavy atom. The molecule has 18 heavy (non-hydrogen) atoms. The summed E-state index contributed by atoms with van der Waals surface area (Å²) in [5.74, 6) is 1.30. The minimum Gasteiger partial charge on any atom is -0.395 e. The second-order valence-electron chi connectivity index (χ2n) is 4.03. The fraction of sp³-hybridized carbons (Fsp3) is 0.308. The first kappa shape index (κ1) is 12.4. The summed E-state index contributed by atoms with van der Waals surface area (Å²) in [7, 11) is 0. The van der Waals surface area contributed by atoms with Crippen molar-refractivity contribution in [1.82, 2.24) is 15.0 Å². The first-order valence-corrected chi connectivity index (χ1v) is 5.83. The molecule has 5 nitrogen and oxygen atoms in total. The van der Waals surface area contributed by atoms with E-state index in [9.17, 15) is 0 Å². The van der Waals surface area contributed by atoms with E-state index in [-0.39, 0.29) is 6.61 Å². The van der Waals surface area contributed by atoms with E-state index in [4.69, 9.17) is 5.11 Å². The lowest BCUT2D eigenvalue weighted by Crippen LogP contribution is -2.08. The molecule has 0 unspecified atom stereocenters. The summed E-state index contributed by atoms with van der Waals surface area (Å²) in [6, 6.07) is 7.60. The van der Waals surface area contributed by atoms with Gasteiger partial charge >= 0.3 is 0 Å². The number of hydrogen-bond acceptors (Lipinski definition) is 5. The van der Waals surface area contributed by atoms with Gasteiger partial charge in [0.15, 0.2) is 5.82 Å². The van der Waals surface area contributed by atoms with Crippen LogP contribution in [0.5, 0.6) is 0 Å². The smallest absolute Gasteiger partial charge is 0.180 e. The molecule has 2 heterocycles. The van der Waals surface area contributed by atoms with Gasteiger partial charge in [0, 0.05) is 24.0 Å². The van der Waals surface area contributed by atoms with E-state index < -0.39 is 0 Å². The van der Waals surface area contributed by atoms with Crippen molar-refractivity contribution < 1.29 is 5.11 Å². The Morgan fingerprint density at radius 1 is 1.11 bits per heavy atom. The summed E-state index contributed by atoms with van der Waals surface area (Å²) in [6.07, 6.45) is 0. The number of hydrogen-bond donors (Lipinski definition) is 2. The van der Waals surface area contributed by atoms with Gasteiger partial charge in [0.1, 0.15) is 11.5 Å². The number of aromatic nitrogens is 3. The van der Waals surface area contributed by atoms with Gasteiger partial charge in [0.05, 0.1) is 6.61 Å². The average molecular weight is 244 g/mol. The third-order valence-corrected chi connectivity index (χ3v) is 2.39. The number of aliphatic hydroxyl groups excluding tert-OH is 1. The average Bonchev–Trinajstić information content (AvgIpc) is 2.36. The maximum Gasteiger partial charge on any atom is 0.180 e. The Morgan fingerprint density at radius 3 is 2.67 bits per heavy atom. The molecule has 0 spiro atoms. The molecule has 0 saturated heterocycles. The first-order chi connectivity index (χ1) is 8.69. The van der Waals surface area contributed by atoms with E-state index in [1.54, 1.807) is 0 Å². The number of aryl methyl sites for hydroxylation is 2. The minimum absolute atomic E-state index is 0.0705. The Hall–Kier alpha value is -2.01. The van der Waals surface area contributed by atoms with Gasteiger partial charge in [-0.25, -0.2) is 15.0 Å². The second kappa shape index (κ2) is 5.55. The van der Waals surface area contributed by atoms with Crippen LogP contribution >= 0.6 is 0 Å². The van der Waals surface area contributed by atoms with E-state index in [1.165, 1.54) is 0 Å². The lowest BCUT2D eigenvalue weighted by atomic mass is 10.3. The summed E-state index contributed by atoms with van der Waals surface area (Å²) >= 11 is 0. The summed E-state index contributed by atoms with van der Waals surface area (Å²) in [6.45, 7) is 4.38. The van der Waals surface area contributed by atoms with E-state index in [0.29, 0.717) is 18.2 Å². The van der Waals surface area contributed by atoms with Gasteiger partial charge in [-0.15, -0.1) is 0 Å². The second-order valence-corrected chi connectivity index (χ2v) is 4.03. The molecule has 0 saturated carbocycles. The normalized spacial score (nSPS) is 10.4. The van der Waals surface area contributed by atoms with Crippen LogP contribution in [0.2, 0.25) is 0 Å². The van der Waals surface area contributed by atoms with Crippen LogP contribution in [0.1, 0.15) is 11.4 Å². The third-order valence-electron chi connectivity index (χ3n) is 2.39. The van der Waals surface area contributed by atoms with Crippen LogP contribution in [0.4, 0.5) is 5.82 Å². The highest BCUT2D eigenvalue weighted by atomic mass is 16.3. The molecule has 0 radical (unpaired) electrons. The predicted octanol–water partition coefficient (Wildman–Crippen LogP) is 1.56. The summed E-state index contributed by atoms with van der Waals surface area (Å²) in [5, 5.41) is 11.8. The minimum atomic E-state index is 0.0705. The van der Waals surface area contributed by atoms with Crippen molar-refractivity contribution in [2.75, 3.05) is 18.5 Å². The van der Waals surface area contributed by atoms with Crippen LogP contribution in [0.25, 0.3) is 11.5 Å². The van der Waals surface area contributed by atoms with Crippen LogP contribution in [0, 0.1) is 13.8 Å². The maximum atomic E-state index is 8.80. The molecule has 2 aromatic heterocycles. The number of anilines is 1. The van der Waals surface area contributed by atoms with Gasteiger partial charge in [-0.1, -0.05) is 6.07 Å². The van der Waals surface area contributed by atoms with Crippen LogP contribution in [0.3, 0.4) is 0 Å². The quantitative estimate of drug-likeness (QED) is 0.854. The van der Waals surface area contributed by atoms with Crippen LogP contribution in [-0.2, 0) is 0 Å². The van der Waals surface area contributed by atoms with Gasteiger partial charge in [-0.2, -0.15) is 0 Å². The van der Waals surface area contributed by atoms with Crippen LogP contribution < -0.4 is 5.32 Å². The molecule has 0 atom stereocenters. The zero-order valence-electron chi connectivity index (χ0n) is 10.5. The Kier molecular flexibility index (Phi) is 3.84. The highest BCUT2D eigenvalue weighted by Crippen LogP contribution is 2.15. The number of rotatable bonds is 4. The van der Waals surface area contributed by atoms with Gasteiger partial charge in [0.2, 0.25) is 0 Å². The van der Waals surface area contributed by atoms with Crippen molar-refractivity contribution >= 4 is 5.82 Å². The van der Waals surface area contributed by atoms with Crippen molar-refractivity contribution in [3.8, 4) is 11.5 Å². The SMILES string of the molecule is Cc1cccc(-c2nc(C)cc(NCCO)n2)n1. The molecular weight excluding hydrogens is 228 g/mol. The molecular formula is C13H16N4O. The molecule has 0 bridgehead atoms. The maximum absolute atomic E-state index is 8.80. The fourth-order valence-corrected chi connectivity index (χ4v) is 1.63. The van der Waals surface area contributed by atoms with E-state index in [2.05, 4.69) is 20.3 Å². The van der Waals surface area contributed by atoms with Crippen LogP contribution in [-0.4, -0.2) is 33.2 Å². The van der Waals surface area contributed by atoms with Gasteiger partial charge in [-0.05, 0) is 26.0 Å². The Bertz CT molecular complexity index is 542. The number of nitrogens with one attached hydrogen (secondary N) is 1. The first-order valence-electron chi connectivity index (χ1n) is 5.83. The molecule has 0 amide bonds. The lowest BCUT2D eigenvalue weighted by Gasteiger charge is -2.07. The summed E-state index contributed by atoms with van der Waals surface area (Å²) in [5.41, 5.74) is 2.55. The van der Waals surface area contributed by atoms with Gasteiger partial charge in [-0.3, -0.25) is 0 Å². The zero-order chi connectivity index (χ0) is 13.0. The molecule has 2 N–H and O–H groups in total. The highest BCUT2D eigenvalue weighted by Gasteiger charge is 2.06. The molecule has 94 valence electrons. The number of aliphatic hydroxyl groups is 1. The monoisotopic (exact) mass is 244 g/mol. The van der Waals surface area contributed by atoms with E-state index >= 15 is 0 Å². The Labute approximate surface area is 106 Å². The van der Waals surface area contributed by atoms with Crippen molar-refractivity contribution in [2.24, 2.45) is 0 Å². The van der Waals surface area contributed by atoms with Crippen LogP contribution in [0.15, 0.2) is 24.3 Å². The number of pyridine rings is 1. The van der Waals surface area contributed by atoms with Crippen molar-refractivity contribution in [3.63, 3.8) is 0 Å². The molecule has 0 aliphatic heterocycles. The molecule has 0 aromatic carbocycles. The largest absolute Gasteiger partial charge is 0.395 e. The molecule has 2 aromatic rings. The van der Waals surface area contributed by atoms with Crippen molar-refractivity contribution in [1.29, 1.82) is 0 Å². The van der Waals surface area contributed by atoms with Gasteiger partial charge in [0.25, 0.3) is 0 Å². The summed E-state index contributed by atoms with van der Waals surface area (Å²) < 4.78 is 0. The van der Waals surface area contributed by atoms with E-state index in [0.717, 1.165) is 17.1 Å². The van der Waals surface area contributed by atoms with Crippen molar-refractivity contribution in [2.45, 2.75) is 13.8 Å². The molecule has 0 aliphatic rings. The third kappa shape index (κ3) is 3.01. The molecule has 2 rings (SSSR count). The topological polar surface area (TPSA) is 70.9 Å². The Balaban J connectivity index is 2.35. The molecule has 0 fully saturated rings. The lowest BCUT2D eigenvalue weighted by molar-refractivity contribution is 0.311. The number of nitrogens with zero attached hydrogens (tertiary/aromatic N) is 3. The molecule has 5 heteroatoms. The standard InChI is InChI=1S/C13H16N4O/c1-9-4-3-5-11(15-9)13-16-10(2)8-12(17-13)14-6-7-18/h3-5,8,18H,6-7H2,1-2H3,(H,14,16,17). The zero-order valence-corrected chi connectivity index (χ0v) is 10.5. The van der Waals surface area contributed by atoms with Gasteiger partial charge < -0.3 is 10.4 Å². The highest BCUT2D eigenvalue weighted by molar-refractivity contribution is 5.53. The fourth-order valence-electron chi connectivity index (χ4n) is 1.63. The molecule has 0 aliphatic carbocycles. The van der Waals surface area contributed by atoms with Crippen molar-refractivity contribution in [3.05, 3.63) is 35.7 Å².